The maximum absolute atomic E-state index is 10.5. The van der Waals surface area contributed by atoms with Crippen molar-refractivity contribution in [3.8, 4) is 0 Å². The van der Waals surface area contributed by atoms with Gasteiger partial charge in [-0.1, -0.05) is 22.5 Å². The summed E-state index contributed by atoms with van der Waals surface area (Å²) in [4.78, 5) is 10.5. The lowest BCUT2D eigenvalue weighted by atomic mass is 10.1. The molecule has 11 heavy (non-hydrogen) atoms. The van der Waals surface area contributed by atoms with E-state index in [-0.39, 0.29) is 10.3 Å². The Labute approximate surface area is 75.7 Å². The van der Waals surface area contributed by atoms with Crippen LogP contribution in [-0.2, 0) is 9.53 Å². The van der Waals surface area contributed by atoms with Crippen molar-refractivity contribution in [2.24, 2.45) is 0 Å². The summed E-state index contributed by atoms with van der Waals surface area (Å²) in [5.74, 6) is -0.387. The van der Waals surface area contributed by atoms with E-state index in [0.717, 1.165) is 6.08 Å². The van der Waals surface area contributed by atoms with Crippen molar-refractivity contribution in [1.29, 1.82) is 0 Å². The van der Waals surface area contributed by atoms with Gasteiger partial charge in [0, 0.05) is 10.4 Å². The van der Waals surface area contributed by atoms with E-state index in [4.69, 9.17) is 4.74 Å². The number of hydrogen-bond acceptors (Lipinski definition) is 2. The third-order valence-corrected chi connectivity index (χ3v) is 1.43. The highest BCUT2D eigenvalue weighted by atomic mass is 79.9. The first kappa shape index (κ1) is 10.7. The van der Waals surface area contributed by atoms with Gasteiger partial charge in [0.05, 0.1) is 6.61 Å². The first-order valence-corrected chi connectivity index (χ1v) is 4.08. The number of halogens is 1. The molecule has 0 N–H and O–H groups in total. The zero-order valence-corrected chi connectivity index (χ0v) is 8.19. The second-order valence-corrected chi connectivity index (χ2v) is 4.45. The second kappa shape index (κ2) is 4.54. The van der Waals surface area contributed by atoms with Crippen molar-refractivity contribution in [3.05, 3.63) is 19.6 Å². The minimum Gasteiger partial charge on any atom is -0.462 e. The molecule has 63 valence electrons. The van der Waals surface area contributed by atoms with Crippen molar-refractivity contribution in [3.63, 3.8) is 0 Å². The van der Waals surface area contributed by atoms with E-state index in [1.165, 1.54) is 0 Å². The molecule has 2 nitrogen and oxygen atoms in total. The van der Waals surface area contributed by atoms with E-state index < -0.39 is 0 Å². The van der Waals surface area contributed by atoms with Crippen LogP contribution in [0.2, 0.25) is 0 Å². The van der Waals surface area contributed by atoms with Gasteiger partial charge >= 0.3 is 5.97 Å². The normalized spacial score (nSPS) is 10.8. The standard InChI is InChI=1S/C8H12BrO2/c1-4-7(10)11-6-5-8(2,3)9/h4H,1-2,5-6H2,3H3. The van der Waals surface area contributed by atoms with Crippen molar-refractivity contribution in [2.75, 3.05) is 6.61 Å². The van der Waals surface area contributed by atoms with Gasteiger partial charge in [0.25, 0.3) is 0 Å². The van der Waals surface area contributed by atoms with Crippen LogP contribution < -0.4 is 0 Å². The maximum atomic E-state index is 10.5. The molecule has 1 radical (unpaired) electrons. The monoisotopic (exact) mass is 219 g/mol. The lowest BCUT2D eigenvalue weighted by molar-refractivity contribution is -0.137. The van der Waals surface area contributed by atoms with Crippen molar-refractivity contribution < 1.29 is 9.53 Å². The van der Waals surface area contributed by atoms with E-state index in [9.17, 15) is 4.79 Å². The Bertz CT molecular complexity index is 147. The Hall–Kier alpha value is -0.310. The van der Waals surface area contributed by atoms with Crippen LogP contribution >= 0.6 is 15.9 Å². The average Bonchev–Trinajstić information content (AvgIpc) is 1.85. The topological polar surface area (TPSA) is 26.3 Å². The summed E-state index contributed by atoms with van der Waals surface area (Å²) in [5.41, 5.74) is 0. The molecule has 0 saturated carbocycles. The first-order valence-electron chi connectivity index (χ1n) is 3.29. The molecule has 0 aromatic carbocycles. The summed E-state index contributed by atoms with van der Waals surface area (Å²) in [6, 6.07) is 0. The summed E-state index contributed by atoms with van der Waals surface area (Å²) in [7, 11) is 0. The first-order chi connectivity index (χ1) is 4.95. The minimum absolute atomic E-state index is 0.214. The third kappa shape index (κ3) is 7.59. The Morgan fingerprint density at radius 2 is 2.36 bits per heavy atom. The predicted octanol–water partition coefficient (Wildman–Crippen LogP) is 2.09. The highest BCUT2D eigenvalue weighted by molar-refractivity contribution is 9.10. The zero-order chi connectivity index (χ0) is 8.91. The molecule has 0 heterocycles. The molecule has 0 rings (SSSR count). The molecule has 0 aliphatic rings. The van der Waals surface area contributed by atoms with Crippen LogP contribution in [0.1, 0.15) is 13.3 Å². The fourth-order valence-electron chi connectivity index (χ4n) is 0.423. The summed E-state index contributed by atoms with van der Waals surface area (Å²) < 4.78 is 4.53. The van der Waals surface area contributed by atoms with E-state index in [0.29, 0.717) is 13.0 Å². The Morgan fingerprint density at radius 3 is 2.73 bits per heavy atom. The molecule has 0 bridgehead atoms. The van der Waals surface area contributed by atoms with Gasteiger partial charge in [-0.3, -0.25) is 0 Å². The molecule has 0 aliphatic heterocycles. The maximum Gasteiger partial charge on any atom is 0.330 e. The van der Waals surface area contributed by atoms with Crippen LogP contribution in [0, 0.1) is 6.92 Å². The van der Waals surface area contributed by atoms with Gasteiger partial charge < -0.3 is 4.74 Å². The lowest BCUT2D eigenvalue weighted by Gasteiger charge is -2.14. The average molecular weight is 220 g/mol. The van der Waals surface area contributed by atoms with E-state index in [1.807, 2.05) is 6.92 Å². The third-order valence-electron chi connectivity index (χ3n) is 1.03. The van der Waals surface area contributed by atoms with Crippen LogP contribution in [-0.4, -0.2) is 16.9 Å². The van der Waals surface area contributed by atoms with Crippen molar-refractivity contribution in [2.45, 2.75) is 17.7 Å². The molecule has 0 saturated heterocycles. The molecule has 0 aliphatic carbocycles. The Kier molecular flexibility index (Phi) is 4.42. The van der Waals surface area contributed by atoms with Gasteiger partial charge in [0.1, 0.15) is 0 Å². The highest BCUT2D eigenvalue weighted by Crippen LogP contribution is 2.19. The fourth-order valence-corrected chi connectivity index (χ4v) is 0.585. The number of esters is 1. The van der Waals surface area contributed by atoms with E-state index >= 15 is 0 Å². The zero-order valence-electron chi connectivity index (χ0n) is 6.60. The number of ether oxygens (including phenoxy) is 1. The SMILES string of the molecule is [CH2]C(C)(Br)CCOC(=O)C=C. The second-order valence-electron chi connectivity index (χ2n) is 2.53. The van der Waals surface area contributed by atoms with Crippen LogP contribution in [0.4, 0.5) is 0 Å². The molecule has 1 atom stereocenters. The lowest BCUT2D eigenvalue weighted by Crippen LogP contribution is -2.14. The van der Waals surface area contributed by atoms with Gasteiger partial charge in [0.2, 0.25) is 0 Å². The molecule has 0 spiro atoms. The fraction of sp³-hybridized carbons (Fsp3) is 0.500. The number of hydrogen-bond donors (Lipinski definition) is 0. The number of alkyl halides is 1. The van der Waals surface area contributed by atoms with Crippen LogP contribution in [0.3, 0.4) is 0 Å². The molecular weight excluding hydrogens is 208 g/mol. The molecule has 0 aromatic heterocycles. The summed E-state index contributed by atoms with van der Waals surface area (Å²) in [5, 5.41) is 0. The molecule has 0 amide bonds. The van der Waals surface area contributed by atoms with Crippen LogP contribution in [0.5, 0.6) is 0 Å². The summed E-state index contributed by atoms with van der Waals surface area (Å²) in [6.07, 6.45) is 1.83. The largest absolute Gasteiger partial charge is 0.462 e. The van der Waals surface area contributed by atoms with Gasteiger partial charge in [0.15, 0.2) is 0 Å². The van der Waals surface area contributed by atoms with Crippen molar-refractivity contribution in [1.82, 2.24) is 0 Å². The number of carbonyl (C=O) groups is 1. The summed E-state index contributed by atoms with van der Waals surface area (Å²) in [6.45, 7) is 9.35. The highest BCUT2D eigenvalue weighted by Gasteiger charge is 2.12. The van der Waals surface area contributed by atoms with Gasteiger partial charge in [-0.25, -0.2) is 4.79 Å². The van der Waals surface area contributed by atoms with Gasteiger partial charge in [-0.15, -0.1) is 0 Å². The predicted molar refractivity (Wildman–Crippen MR) is 48.5 cm³/mol. The quantitative estimate of drug-likeness (QED) is 0.412. The molecule has 0 aromatic rings. The number of carbonyl (C=O) groups excluding carboxylic acids is 1. The Morgan fingerprint density at radius 1 is 1.82 bits per heavy atom. The van der Waals surface area contributed by atoms with Crippen LogP contribution in [0.15, 0.2) is 12.7 Å². The summed E-state index contributed by atoms with van der Waals surface area (Å²) >= 11 is 3.32. The van der Waals surface area contributed by atoms with E-state index in [2.05, 4.69) is 29.4 Å². The van der Waals surface area contributed by atoms with Crippen LogP contribution in [0.25, 0.3) is 0 Å². The smallest absolute Gasteiger partial charge is 0.330 e. The molecule has 0 fully saturated rings. The van der Waals surface area contributed by atoms with E-state index in [1.54, 1.807) is 0 Å². The Balaban J connectivity index is 3.42. The van der Waals surface area contributed by atoms with Gasteiger partial charge in [-0.05, 0) is 20.3 Å². The molecule has 1 unspecified atom stereocenters. The number of rotatable bonds is 4. The molecular formula is C8H12BrO2. The minimum atomic E-state index is -0.387. The van der Waals surface area contributed by atoms with Gasteiger partial charge in [-0.2, -0.15) is 0 Å². The van der Waals surface area contributed by atoms with Crippen molar-refractivity contribution >= 4 is 21.9 Å². The molecule has 3 heteroatoms.